The molecule has 2 aliphatic heterocycles. The maximum atomic E-state index is 13.1. The average Bonchev–Trinajstić information content (AvgIpc) is 3.39. The van der Waals surface area contributed by atoms with Gasteiger partial charge in [0, 0.05) is 12.9 Å². The number of carbonyl (C=O) groups excluding carboxylic acids is 2. The number of nitrogens with one attached hydrogen (secondary N) is 2. The van der Waals surface area contributed by atoms with Crippen molar-refractivity contribution in [3.05, 3.63) is 23.8 Å². The van der Waals surface area contributed by atoms with Crippen LogP contribution in [0.4, 0.5) is 0 Å². The maximum Gasteiger partial charge on any atom is 0.342 e. The van der Waals surface area contributed by atoms with E-state index in [4.69, 9.17) is 14.2 Å². The van der Waals surface area contributed by atoms with Gasteiger partial charge in [-0.05, 0) is 50.4 Å². The Bertz CT molecular complexity index is 969. The van der Waals surface area contributed by atoms with Crippen LogP contribution < -0.4 is 10.6 Å². The summed E-state index contributed by atoms with van der Waals surface area (Å²) in [7, 11) is 1.46. The lowest BCUT2D eigenvalue weighted by Crippen LogP contribution is -2.66. The highest BCUT2D eigenvalue weighted by Crippen LogP contribution is 2.31. The first-order chi connectivity index (χ1) is 18.6. The normalized spacial score (nSPS) is 30.5. The SMILES string of the molecule is CCC[C@H]1CN[C@H](C(=O)N[C@@H]([C@H]2O[C@H](SCCOC(=O)c3cc(O)ccc3O)[C@H](O)[C@@H](O)[C@H]2O)[C@@H](C)OC)C1. The number of hydrogen-bond acceptors (Lipinski definition) is 12. The second kappa shape index (κ2) is 14.5. The molecule has 3 rings (SSSR count). The molecule has 1 aromatic rings. The van der Waals surface area contributed by atoms with E-state index in [1.807, 2.05) is 0 Å². The molecule has 13 heteroatoms. The van der Waals surface area contributed by atoms with Crippen LogP contribution in [0.5, 0.6) is 11.5 Å². The minimum absolute atomic E-state index is 0.130. The molecule has 9 atom stereocenters. The molecular formula is C26H40N2O10S. The molecule has 1 amide bonds. The number of aromatic hydroxyl groups is 2. The van der Waals surface area contributed by atoms with Crippen molar-refractivity contribution in [3.63, 3.8) is 0 Å². The molecule has 0 bridgehead atoms. The number of benzene rings is 1. The van der Waals surface area contributed by atoms with Gasteiger partial charge in [-0.15, -0.1) is 11.8 Å². The highest BCUT2D eigenvalue weighted by atomic mass is 32.2. The number of aliphatic hydroxyl groups excluding tert-OH is 3. The number of rotatable bonds is 12. The lowest BCUT2D eigenvalue weighted by molar-refractivity contribution is -0.212. The van der Waals surface area contributed by atoms with Gasteiger partial charge < -0.3 is 50.4 Å². The Kier molecular flexibility index (Phi) is 11.7. The van der Waals surface area contributed by atoms with E-state index in [9.17, 15) is 35.1 Å². The van der Waals surface area contributed by atoms with Gasteiger partial charge in [0.05, 0.1) is 18.2 Å². The lowest BCUT2D eigenvalue weighted by atomic mass is 9.91. The van der Waals surface area contributed by atoms with E-state index >= 15 is 0 Å². The van der Waals surface area contributed by atoms with Crippen LogP contribution >= 0.6 is 11.8 Å². The van der Waals surface area contributed by atoms with Crippen molar-refractivity contribution in [3.8, 4) is 11.5 Å². The van der Waals surface area contributed by atoms with Crippen LogP contribution in [0.15, 0.2) is 18.2 Å². The van der Waals surface area contributed by atoms with Crippen molar-refractivity contribution in [1.82, 2.24) is 10.6 Å². The van der Waals surface area contributed by atoms with Gasteiger partial charge in [-0.25, -0.2) is 4.79 Å². The summed E-state index contributed by atoms with van der Waals surface area (Å²) in [6, 6.07) is 2.25. The molecule has 2 aliphatic rings. The summed E-state index contributed by atoms with van der Waals surface area (Å²) in [6.45, 7) is 4.43. The Morgan fingerprint density at radius 2 is 1.95 bits per heavy atom. The number of methoxy groups -OCH3 is 1. The van der Waals surface area contributed by atoms with E-state index in [-0.39, 0.29) is 35.3 Å². The van der Waals surface area contributed by atoms with Crippen LogP contribution in [0.2, 0.25) is 0 Å². The molecule has 2 saturated heterocycles. The molecule has 0 aliphatic carbocycles. The van der Waals surface area contributed by atoms with Crippen molar-refractivity contribution >= 4 is 23.6 Å². The first-order valence-corrected chi connectivity index (χ1v) is 14.2. The van der Waals surface area contributed by atoms with Crippen molar-refractivity contribution in [1.29, 1.82) is 0 Å². The van der Waals surface area contributed by atoms with E-state index in [0.717, 1.165) is 37.2 Å². The minimum Gasteiger partial charge on any atom is -0.508 e. The van der Waals surface area contributed by atoms with Gasteiger partial charge in [0.15, 0.2) is 0 Å². The molecule has 0 radical (unpaired) electrons. The summed E-state index contributed by atoms with van der Waals surface area (Å²) in [5.74, 6) is -1.10. The number of amides is 1. The predicted octanol–water partition coefficient (Wildman–Crippen LogP) is 0.0933. The fraction of sp³-hybridized carbons (Fsp3) is 0.692. The van der Waals surface area contributed by atoms with Crippen molar-refractivity contribution < 1.29 is 49.3 Å². The van der Waals surface area contributed by atoms with Gasteiger partial charge in [-0.3, -0.25) is 4.79 Å². The van der Waals surface area contributed by atoms with Gasteiger partial charge in [0.2, 0.25) is 5.91 Å². The summed E-state index contributed by atoms with van der Waals surface area (Å²) in [5, 5.41) is 57.4. The van der Waals surface area contributed by atoms with E-state index < -0.39 is 54.0 Å². The van der Waals surface area contributed by atoms with Gasteiger partial charge in [0.1, 0.15) is 53.5 Å². The first-order valence-electron chi connectivity index (χ1n) is 13.1. The highest BCUT2D eigenvalue weighted by Gasteiger charge is 2.49. The molecule has 39 heavy (non-hydrogen) atoms. The molecule has 0 aromatic heterocycles. The van der Waals surface area contributed by atoms with Crippen LogP contribution in [-0.2, 0) is 19.0 Å². The first kappa shape index (κ1) is 31.4. The number of thioether (sulfide) groups is 1. The zero-order valence-corrected chi connectivity index (χ0v) is 23.2. The number of aliphatic hydroxyl groups is 3. The van der Waals surface area contributed by atoms with Crippen LogP contribution in [-0.4, -0.2) is 111 Å². The fourth-order valence-corrected chi connectivity index (χ4v) is 5.86. The summed E-state index contributed by atoms with van der Waals surface area (Å²) >= 11 is 1.05. The number of phenolic OH excluding ortho intramolecular Hbond substituents is 2. The molecule has 0 unspecified atom stereocenters. The van der Waals surface area contributed by atoms with Crippen LogP contribution in [0, 0.1) is 5.92 Å². The van der Waals surface area contributed by atoms with E-state index in [2.05, 4.69) is 17.6 Å². The molecule has 0 saturated carbocycles. The second-order valence-electron chi connectivity index (χ2n) is 9.98. The van der Waals surface area contributed by atoms with Crippen molar-refractivity contribution in [2.75, 3.05) is 26.0 Å². The van der Waals surface area contributed by atoms with Crippen LogP contribution in [0.1, 0.15) is 43.5 Å². The average molecular weight is 573 g/mol. The molecule has 2 heterocycles. The summed E-state index contributed by atoms with van der Waals surface area (Å²) < 4.78 is 16.6. The quantitative estimate of drug-likeness (QED) is 0.102. The number of ether oxygens (including phenoxy) is 3. The van der Waals surface area contributed by atoms with Gasteiger partial charge >= 0.3 is 5.97 Å². The molecule has 12 nitrogen and oxygen atoms in total. The molecule has 7 N–H and O–H groups in total. The second-order valence-corrected chi connectivity index (χ2v) is 11.2. The van der Waals surface area contributed by atoms with E-state index in [1.54, 1.807) is 6.92 Å². The van der Waals surface area contributed by atoms with Crippen LogP contribution in [0.3, 0.4) is 0 Å². The predicted molar refractivity (Wildman–Crippen MR) is 142 cm³/mol. The summed E-state index contributed by atoms with van der Waals surface area (Å²) in [5.41, 5.74) is -1.21. The molecular weight excluding hydrogens is 532 g/mol. The third-order valence-electron chi connectivity index (χ3n) is 7.18. The third kappa shape index (κ3) is 7.97. The van der Waals surface area contributed by atoms with Crippen molar-refractivity contribution in [2.24, 2.45) is 5.92 Å². The van der Waals surface area contributed by atoms with Gasteiger partial charge in [0.25, 0.3) is 0 Å². The van der Waals surface area contributed by atoms with Crippen molar-refractivity contribution in [2.45, 2.75) is 81.1 Å². The zero-order valence-electron chi connectivity index (χ0n) is 22.4. The lowest BCUT2D eigenvalue weighted by Gasteiger charge is -2.44. The van der Waals surface area contributed by atoms with Gasteiger partial charge in [-0.2, -0.15) is 0 Å². The Morgan fingerprint density at radius 1 is 1.21 bits per heavy atom. The molecule has 2 fully saturated rings. The summed E-state index contributed by atoms with van der Waals surface area (Å²) in [4.78, 5) is 25.3. The highest BCUT2D eigenvalue weighted by molar-refractivity contribution is 7.99. The monoisotopic (exact) mass is 572 g/mol. The Balaban J connectivity index is 1.61. The Labute approximate surface area is 232 Å². The van der Waals surface area contributed by atoms with Crippen LogP contribution in [0.25, 0.3) is 0 Å². The Hall–Kier alpha value is -2.13. The Morgan fingerprint density at radius 3 is 2.64 bits per heavy atom. The smallest absolute Gasteiger partial charge is 0.342 e. The van der Waals surface area contributed by atoms with E-state index in [1.165, 1.54) is 19.2 Å². The van der Waals surface area contributed by atoms with E-state index in [0.29, 0.717) is 12.3 Å². The number of phenols is 2. The number of carbonyl (C=O) groups is 2. The minimum atomic E-state index is -1.56. The molecule has 1 aromatic carbocycles. The topological polar surface area (TPSA) is 187 Å². The zero-order chi connectivity index (χ0) is 28.7. The maximum absolute atomic E-state index is 13.1. The molecule has 220 valence electrons. The number of esters is 1. The largest absolute Gasteiger partial charge is 0.508 e. The molecule has 0 spiro atoms. The standard InChI is InChI=1S/C26H40N2O10S/c1-4-5-14-10-17(27-12-14)24(34)28-19(13(2)36-3)23-21(32)20(31)22(33)26(38-23)39-9-8-37-25(35)16-11-15(29)6-7-18(16)30/h6-7,11,13-14,17,19-23,26-27,29-33H,4-5,8-10,12H2,1-3H3,(H,28,34)/t13-,14-,17+,19-,20+,21-,22-,23-,26-/m1/s1. The summed E-state index contributed by atoms with van der Waals surface area (Å²) in [6.07, 6.45) is -3.46. The fourth-order valence-electron chi connectivity index (χ4n) is 4.89. The number of hydrogen-bond donors (Lipinski definition) is 7. The van der Waals surface area contributed by atoms with Gasteiger partial charge in [-0.1, -0.05) is 13.3 Å². The third-order valence-corrected chi connectivity index (χ3v) is 8.30.